The Hall–Kier alpha value is -4.38. The van der Waals surface area contributed by atoms with Crippen LogP contribution in [-0.4, -0.2) is 29.5 Å². The summed E-state index contributed by atoms with van der Waals surface area (Å²) in [5, 5.41) is 12.0. The molecular weight excluding hydrogens is 470 g/mol. The molecule has 0 saturated carbocycles. The Morgan fingerprint density at radius 1 is 1.06 bits per heavy atom. The molecule has 2 aromatic heterocycles. The zero-order chi connectivity index (χ0) is 24.6. The van der Waals surface area contributed by atoms with Crippen LogP contribution in [0.4, 0.5) is 11.4 Å². The lowest BCUT2D eigenvalue weighted by Crippen LogP contribution is -2.14. The fraction of sp³-hybridized carbons (Fsp3) is 0.125. The largest absolute Gasteiger partial charge is 0.484 e. The monoisotopic (exact) mass is 491 g/mol. The van der Waals surface area contributed by atoms with E-state index in [0.717, 1.165) is 16.3 Å². The van der Waals surface area contributed by atoms with Gasteiger partial charge in [-0.2, -0.15) is 0 Å². The molecule has 0 aliphatic rings. The maximum atomic E-state index is 13.3. The van der Waals surface area contributed by atoms with Gasteiger partial charge in [0, 0.05) is 41.9 Å². The number of carbonyl (C=O) groups excluding carboxylic acids is 1. The molecule has 3 N–H and O–H groups in total. The molecule has 0 aliphatic carbocycles. The Kier molecular flexibility index (Phi) is 5.61. The van der Waals surface area contributed by atoms with Crippen LogP contribution in [0, 0.1) is 6.92 Å². The maximum absolute atomic E-state index is 13.3. The van der Waals surface area contributed by atoms with Crippen molar-refractivity contribution >= 4 is 49.1 Å². The van der Waals surface area contributed by atoms with Gasteiger partial charge in [-0.3, -0.25) is 9.52 Å². The average Bonchev–Trinajstić information content (AvgIpc) is 3.41. The summed E-state index contributed by atoms with van der Waals surface area (Å²) in [5.41, 5.74) is 2.14. The number of sulfonamides is 1. The Labute approximate surface area is 200 Å². The van der Waals surface area contributed by atoms with Gasteiger partial charge in [-0.1, -0.05) is 24.3 Å². The summed E-state index contributed by atoms with van der Waals surface area (Å²) in [5.74, 6) is 0.848. The molecule has 0 aliphatic heterocycles. The van der Waals surface area contributed by atoms with Crippen LogP contribution in [0.25, 0.3) is 21.8 Å². The molecule has 0 saturated heterocycles. The first-order valence-electron chi connectivity index (χ1n) is 10.7. The first-order chi connectivity index (χ1) is 16.8. The van der Waals surface area contributed by atoms with Gasteiger partial charge in [0.25, 0.3) is 15.9 Å². The molecule has 0 bridgehead atoms. The zero-order valence-electron chi connectivity index (χ0n) is 18.8. The molecule has 0 atom stereocenters. The van der Waals surface area contributed by atoms with Crippen molar-refractivity contribution in [2.24, 2.45) is 0 Å². The van der Waals surface area contributed by atoms with E-state index in [9.17, 15) is 13.2 Å². The van der Waals surface area contributed by atoms with E-state index in [2.05, 4.69) is 25.2 Å². The molecule has 10 nitrogen and oxygen atoms in total. The normalized spacial score (nSPS) is 11.6. The highest BCUT2D eigenvalue weighted by atomic mass is 32.2. The maximum Gasteiger partial charge on any atom is 0.262 e. The minimum atomic E-state index is -4.00. The lowest BCUT2D eigenvalue weighted by Gasteiger charge is -2.13. The van der Waals surface area contributed by atoms with E-state index in [1.165, 1.54) is 19.1 Å². The molecule has 2 heterocycles. The highest BCUT2D eigenvalue weighted by Gasteiger charge is 2.19. The first-order valence-corrected chi connectivity index (χ1v) is 12.1. The number of amides is 1. The van der Waals surface area contributed by atoms with Crippen LogP contribution in [0.2, 0.25) is 0 Å². The van der Waals surface area contributed by atoms with Crippen molar-refractivity contribution in [3.63, 3.8) is 0 Å². The molecule has 35 heavy (non-hydrogen) atoms. The number of rotatable bonds is 7. The standard InChI is InChI=1S/C24H21N5O5S/c1-14(30)25-16-6-5-7-18(10-16)35(31,32)29-22-12-17(33-13-23-28-27-15(2)34-23)11-20-19-8-3-4-9-21(19)26-24(20)22/h3-12,26,29H,13H2,1-2H3,(H,25,30). The van der Waals surface area contributed by atoms with Gasteiger partial charge in [-0.25, -0.2) is 8.42 Å². The van der Waals surface area contributed by atoms with E-state index < -0.39 is 10.0 Å². The Morgan fingerprint density at radius 3 is 2.66 bits per heavy atom. The van der Waals surface area contributed by atoms with Crippen LogP contribution in [0.15, 0.2) is 70.0 Å². The molecule has 0 spiro atoms. The van der Waals surface area contributed by atoms with Gasteiger partial charge in [-0.05, 0) is 30.3 Å². The van der Waals surface area contributed by atoms with Crippen molar-refractivity contribution in [3.8, 4) is 5.75 Å². The molecule has 0 fully saturated rings. The second kappa shape index (κ2) is 8.76. The van der Waals surface area contributed by atoms with E-state index >= 15 is 0 Å². The lowest BCUT2D eigenvalue weighted by atomic mass is 10.1. The third-order valence-corrected chi connectivity index (χ3v) is 6.59. The third kappa shape index (κ3) is 4.66. The number of para-hydroxylation sites is 1. The number of ether oxygens (including phenoxy) is 1. The number of hydrogen-bond acceptors (Lipinski definition) is 7. The topological polar surface area (TPSA) is 139 Å². The number of anilines is 2. The average molecular weight is 492 g/mol. The van der Waals surface area contributed by atoms with Crippen LogP contribution in [-0.2, 0) is 21.4 Å². The van der Waals surface area contributed by atoms with Gasteiger partial charge in [0.05, 0.1) is 16.1 Å². The lowest BCUT2D eigenvalue weighted by molar-refractivity contribution is -0.114. The van der Waals surface area contributed by atoms with Crippen molar-refractivity contribution in [1.82, 2.24) is 15.2 Å². The summed E-state index contributed by atoms with van der Waals surface area (Å²) in [6.45, 7) is 3.06. The van der Waals surface area contributed by atoms with Crippen LogP contribution < -0.4 is 14.8 Å². The van der Waals surface area contributed by atoms with Crippen molar-refractivity contribution < 1.29 is 22.4 Å². The summed E-state index contributed by atoms with van der Waals surface area (Å²) in [7, 11) is -4.00. The molecule has 0 radical (unpaired) electrons. The molecule has 11 heteroatoms. The fourth-order valence-electron chi connectivity index (χ4n) is 3.78. The number of carbonyl (C=O) groups is 1. The number of nitrogens with zero attached hydrogens (tertiary/aromatic N) is 2. The molecule has 178 valence electrons. The van der Waals surface area contributed by atoms with Crippen molar-refractivity contribution in [2.45, 2.75) is 25.3 Å². The molecule has 0 unspecified atom stereocenters. The molecular formula is C24H21N5O5S. The number of aromatic nitrogens is 3. The molecule has 5 rings (SSSR count). The Balaban J connectivity index is 1.55. The molecule has 1 amide bonds. The highest BCUT2D eigenvalue weighted by molar-refractivity contribution is 7.92. The van der Waals surface area contributed by atoms with E-state index in [4.69, 9.17) is 9.15 Å². The van der Waals surface area contributed by atoms with E-state index in [1.807, 2.05) is 30.3 Å². The summed E-state index contributed by atoms with van der Waals surface area (Å²) >= 11 is 0. The van der Waals surface area contributed by atoms with Crippen molar-refractivity contribution in [1.29, 1.82) is 0 Å². The predicted octanol–water partition coefficient (Wildman–Crippen LogP) is 4.35. The van der Waals surface area contributed by atoms with Gasteiger partial charge < -0.3 is 19.5 Å². The van der Waals surface area contributed by atoms with Gasteiger partial charge in [0.2, 0.25) is 11.8 Å². The summed E-state index contributed by atoms with van der Waals surface area (Å²) in [6, 6.07) is 17.1. The van der Waals surface area contributed by atoms with Crippen LogP contribution in [0.5, 0.6) is 5.75 Å². The number of aryl methyl sites for hydroxylation is 1. The Morgan fingerprint density at radius 2 is 1.89 bits per heavy atom. The summed E-state index contributed by atoms with van der Waals surface area (Å²) in [6.07, 6.45) is 0. The number of H-pyrrole nitrogens is 1. The fourth-order valence-corrected chi connectivity index (χ4v) is 4.89. The second-order valence-corrected chi connectivity index (χ2v) is 9.56. The number of fused-ring (bicyclic) bond motifs is 3. The van der Waals surface area contributed by atoms with Gasteiger partial charge in [-0.15, -0.1) is 10.2 Å². The summed E-state index contributed by atoms with van der Waals surface area (Å²) in [4.78, 5) is 14.7. The number of aromatic amines is 1. The SMILES string of the molecule is CC(=O)Nc1cccc(S(=O)(=O)Nc2cc(OCc3nnc(C)o3)cc3c2[nH]c2ccccc23)c1. The van der Waals surface area contributed by atoms with Crippen molar-refractivity contribution in [3.05, 3.63) is 72.4 Å². The minimum absolute atomic E-state index is 0.000618. The predicted molar refractivity (Wildman–Crippen MR) is 131 cm³/mol. The summed E-state index contributed by atoms with van der Waals surface area (Å²) < 4.78 is 40.4. The minimum Gasteiger partial charge on any atom is -0.484 e. The number of benzene rings is 3. The Bertz CT molecular complexity index is 1670. The highest BCUT2D eigenvalue weighted by Crippen LogP contribution is 2.36. The van der Waals surface area contributed by atoms with Crippen LogP contribution in [0.1, 0.15) is 18.7 Å². The van der Waals surface area contributed by atoms with Gasteiger partial charge >= 0.3 is 0 Å². The first kappa shape index (κ1) is 22.4. The van der Waals surface area contributed by atoms with Crippen LogP contribution >= 0.6 is 0 Å². The number of hydrogen-bond donors (Lipinski definition) is 3. The van der Waals surface area contributed by atoms with Gasteiger partial charge in [0.15, 0.2) is 6.61 Å². The third-order valence-electron chi connectivity index (χ3n) is 5.23. The van der Waals surface area contributed by atoms with E-state index in [1.54, 1.807) is 25.1 Å². The molecule has 5 aromatic rings. The number of nitrogens with one attached hydrogen (secondary N) is 3. The zero-order valence-corrected chi connectivity index (χ0v) is 19.6. The molecule has 3 aromatic carbocycles. The van der Waals surface area contributed by atoms with E-state index in [-0.39, 0.29) is 17.4 Å². The second-order valence-electron chi connectivity index (χ2n) is 7.88. The smallest absolute Gasteiger partial charge is 0.262 e. The van der Waals surface area contributed by atoms with Gasteiger partial charge in [0.1, 0.15) is 5.75 Å². The quantitative estimate of drug-likeness (QED) is 0.307. The van der Waals surface area contributed by atoms with E-state index in [0.29, 0.717) is 34.4 Å². The van der Waals surface area contributed by atoms with Crippen LogP contribution in [0.3, 0.4) is 0 Å². The van der Waals surface area contributed by atoms with Crippen molar-refractivity contribution in [2.75, 3.05) is 10.0 Å².